The van der Waals surface area contributed by atoms with Crippen LogP contribution in [-0.2, 0) is 0 Å². The minimum atomic E-state index is -0.378. The molecular formula is C23H14FN3O2. The summed E-state index contributed by atoms with van der Waals surface area (Å²) >= 11 is 0. The summed E-state index contributed by atoms with van der Waals surface area (Å²) in [5.74, 6) is 0.156. The summed E-state index contributed by atoms with van der Waals surface area (Å²) < 4.78 is 20.6. The minimum Gasteiger partial charge on any atom is -0.334 e. The Labute approximate surface area is 164 Å². The van der Waals surface area contributed by atoms with E-state index in [9.17, 15) is 9.18 Å². The van der Waals surface area contributed by atoms with Gasteiger partial charge in [0.25, 0.3) is 11.4 Å². The zero-order valence-corrected chi connectivity index (χ0v) is 15.1. The van der Waals surface area contributed by atoms with Crippen LogP contribution in [0, 0.1) is 5.82 Å². The van der Waals surface area contributed by atoms with E-state index in [1.807, 2.05) is 48.5 Å². The van der Waals surface area contributed by atoms with Crippen LogP contribution in [0.25, 0.3) is 39.3 Å². The molecule has 29 heavy (non-hydrogen) atoms. The van der Waals surface area contributed by atoms with Crippen molar-refractivity contribution in [3.05, 3.63) is 101 Å². The van der Waals surface area contributed by atoms with Crippen LogP contribution < -0.4 is 5.56 Å². The van der Waals surface area contributed by atoms with Gasteiger partial charge in [0.2, 0.25) is 5.82 Å². The van der Waals surface area contributed by atoms with E-state index >= 15 is 0 Å². The minimum absolute atomic E-state index is 0.139. The highest BCUT2D eigenvalue weighted by Crippen LogP contribution is 2.28. The third-order valence-electron chi connectivity index (χ3n) is 4.70. The first-order valence-corrected chi connectivity index (χ1v) is 9.00. The van der Waals surface area contributed by atoms with Crippen LogP contribution in [0.5, 0.6) is 0 Å². The zero-order valence-electron chi connectivity index (χ0n) is 15.1. The van der Waals surface area contributed by atoms with E-state index in [0.29, 0.717) is 21.9 Å². The summed E-state index contributed by atoms with van der Waals surface area (Å²) in [6.07, 6.45) is 1.70. The molecule has 5 rings (SSSR count). The number of halogens is 1. The number of para-hydroxylation sites is 1. The average Bonchev–Trinajstić information content (AvgIpc) is 3.25. The van der Waals surface area contributed by atoms with Crippen LogP contribution >= 0.6 is 0 Å². The first kappa shape index (κ1) is 17.1. The van der Waals surface area contributed by atoms with Gasteiger partial charge in [-0.05, 0) is 30.3 Å². The summed E-state index contributed by atoms with van der Waals surface area (Å²) in [7, 11) is 0. The number of aromatic nitrogens is 3. The number of rotatable bonds is 3. The van der Waals surface area contributed by atoms with Gasteiger partial charge in [-0.2, -0.15) is 4.98 Å². The number of benzene rings is 3. The Morgan fingerprint density at radius 3 is 2.41 bits per heavy atom. The monoisotopic (exact) mass is 383 g/mol. The molecule has 2 aromatic heterocycles. The third-order valence-corrected chi connectivity index (χ3v) is 4.70. The highest BCUT2D eigenvalue weighted by Gasteiger charge is 2.17. The van der Waals surface area contributed by atoms with Crippen LogP contribution in [0.4, 0.5) is 4.39 Å². The normalized spacial score (nSPS) is 11.1. The maximum absolute atomic E-state index is 13.6. The van der Waals surface area contributed by atoms with Gasteiger partial charge in [-0.3, -0.25) is 9.36 Å². The van der Waals surface area contributed by atoms with Gasteiger partial charge in [0.15, 0.2) is 0 Å². The van der Waals surface area contributed by atoms with E-state index in [1.54, 1.807) is 29.0 Å². The maximum atomic E-state index is 13.6. The highest BCUT2D eigenvalue weighted by atomic mass is 19.1. The van der Waals surface area contributed by atoms with Crippen LogP contribution in [0.2, 0.25) is 0 Å². The molecule has 0 spiro atoms. The Balaban J connectivity index is 1.73. The lowest BCUT2D eigenvalue weighted by atomic mass is 10.1. The second-order valence-electron chi connectivity index (χ2n) is 6.53. The Kier molecular flexibility index (Phi) is 4.02. The van der Waals surface area contributed by atoms with Crippen molar-refractivity contribution in [3.8, 4) is 28.5 Å². The number of hydrogen-bond donors (Lipinski definition) is 0. The number of fused-ring (bicyclic) bond motifs is 1. The van der Waals surface area contributed by atoms with Crippen LogP contribution in [-0.4, -0.2) is 14.7 Å². The lowest BCUT2D eigenvalue weighted by Crippen LogP contribution is -2.18. The molecule has 5 aromatic rings. The van der Waals surface area contributed by atoms with Crippen molar-refractivity contribution in [2.45, 2.75) is 0 Å². The molecule has 0 N–H and O–H groups in total. The largest absolute Gasteiger partial charge is 0.334 e. The summed E-state index contributed by atoms with van der Waals surface area (Å²) in [5.41, 5.74) is 1.73. The van der Waals surface area contributed by atoms with Gasteiger partial charge in [-0.15, -0.1) is 0 Å². The van der Waals surface area contributed by atoms with Crippen LogP contribution in [0.15, 0.2) is 94.4 Å². The molecule has 0 aliphatic carbocycles. The lowest BCUT2D eigenvalue weighted by molar-refractivity contribution is 0.432. The molecule has 3 aromatic carbocycles. The van der Waals surface area contributed by atoms with Gasteiger partial charge in [-0.1, -0.05) is 53.7 Å². The van der Waals surface area contributed by atoms with Crippen molar-refractivity contribution >= 4 is 10.8 Å². The van der Waals surface area contributed by atoms with E-state index in [2.05, 4.69) is 10.1 Å². The Bertz CT molecular complexity index is 1390. The fourth-order valence-corrected chi connectivity index (χ4v) is 3.32. The van der Waals surface area contributed by atoms with Crippen molar-refractivity contribution in [1.82, 2.24) is 14.7 Å². The molecule has 0 atom stereocenters. The molecule has 0 aliphatic heterocycles. The quantitative estimate of drug-likeness (QED) is 0.447. The van der Waals surface area contributed by atoms with Gasteiger partial charge in [0, 0.05) is 28.2 Å². The van der Waals surface area contributed by atoms with Gasteiger partial charge in [-0.25, -0.2) is 4.39 Å². The molecule has 0 unspecified atom stereocenters. The standard InChI is InChI=1S/C23H14FN3O2/c24-16-8-6-7-15(13-16)21-25-22(29-26-21)20-14-27(17-9-2-1-3-10-17)23(28)19-12-5-4-11-18(19)20/h1-14H. The van der Waals surface area contributed by atoms with Gasteiger partial charge < -0.3 is 4.52 Å². The van der Waals surface area contributed by atoms with Gasteiger partial charge >= 0.3 is 0 Å². The topological polar surface area (TPSA) is 60.9 Å². The summed E-state index contributed by atoms with van der Waals surface area (Å²) in [4.78, 5) is 17.5. The fourth-order valence-electron chi connectivity index (χ4n) is 3.32. The van der Waals surface area contributed by atoms with Crippen molar-refractivity contribution in [2.24, 2.45) is 0 Å². The summed E-state index contributed by atoms with van der Waals surface area (Å²) in [6.45, 7) is 0. The van der Waals surface area contributed by atoms with Crippen molar-refractivity contribution in [1.29, 1.82) is 0 Å². The SMILES string of the molecule is O=c1c2ccccc2c(-c2nc(-c3cccc(F)c3)no2)cn1-c1ccccc1. The summed E-state index contributed by atoms with van der Waals surface area (Å²) in [6, 6.07) is 22.6. The smallest absolute Gasteiger partial charge is 0.262 e. The second-order valence-corrected chi connectivity index (χ2v) is 6.53. The van der Waals surface area contributed by atoms with Crippen molar-refractivity contribution in [2.75, 3.05) is 0 Å². The summed E-state index contributed by atoms with van der Waals surface area (Å²) in [5, 5.41) is 5.24. The molecule has 5 nitrogen and oxygen atoms in total. The van der Waals surface area contributed by atoms with Crippen molar-refractivity contribution in [3.63, 3.8) is 0 Å². The molecule has 0 bridgehead atoms. The first-order valence-electron chi connectivity index (χ1n) is 9.00. The molecule has 2 heterocycles. The zero-order chi connectivity index (χ0) is 19.8. The predicted octanol–water partition coefficient (Wildman–Crippen LogP) is 4.85. The van der Waals surface area contributed by atoms with E-state index in [-0.39, 0.29) is 23.1 Å². The lowest BCUT2D eigenvalue weighted by Gasteiger charge is -2.10. The molecule has 0 amide bonds. The molecule has 6 heteroatoms. The predicted molar refractivity (Wildman–Crippen MR) is 108 cm³/mol. The van der Waals surface area contributed by atoms with Gasteiger partial charge in [0.05, 0.1) is 5.56 Å². The Morgan fingerprint density at radius 2 is 1.62 bits per heavy atom. The molecule has 0 radical (unpaired) electrons. The Hall–Kier alpha value is -4.06. The molecule has 140 valence electrons. The first-order chi connectivity index (χ1) is 14.2. The average molecular weight is 383 g/mol. The van der Waals surface area contributed by atoms with E-state index in [1.165, 1.54) is 12.1 Å². The van der Waals surface area contributed by atoms with E-state index in [4.69, 9.17) is 4.52 Å². The second kappa shape index (κ2) is 6.83. The molecule has 0 aliphatic rings. The fraction of sp³-hybridized carbons (Fsp3) is 0. The van der Waals surface area contributed by atoms with Crippen molar-refractivity contribution < 1.29 is 8.91 Å². The van der Waals surface area contributed by atoms with E-state index < -0.39 is 0 Å². The maximum Gasteiger partial charge on any atom is 0.262 e. The molecule has 0 saturated carbocycles. The molecular weight excluding hydrogens is 369 g/mol. The third kappa shape index (κ3) is 3.00. The van der Waals surface area contributed by atoms with Gasteiger partial charge in [0.1, 0.15) is 5.82 Å². The van der Waals surface area contributed by atoms with Crippen LogP contribution in [0.1, 0.15) is 0 Å². The number of hydrogen-bond acceptors (Lipinski definition) is 4. The Morgan fingerprint density at radius 1 is 0.862 bits per heavy atom. The number of nitrogens with zero attached hydrogens (tertiary/aromatic N) is 3. The highest BCUT2D eigenvalue weighted by molar-refractivity contribution is 5.94. The van der Waals surface area contributed by atoms with Crippen LogP contribution in [0.3, 0.4) is 0 Å². The number of pyridine rings is 1. The van der Waals surface area contributed by atoms with E-state index in [0.717, 1.165) is 5.69 Å². The molecule has 0 fully saturated rings. The molecule has 0 saturated heterocycles.